The molecule has 0 bridgehead atoms. The highest BCUT2D eigenvalue weighted by Gasteiger charge is 2.08. The first-order valence-corrected chi connectivity index (χ1v) is 8.09. The normalized spacial score (nSPS) is 11.0. The summed E-state index contributed by atoms with van der Waals surface area (Å²) in [7, 11) is 0. The summed E-state index contributed by atoms with van der Waals surface area (Å²) < 4.78 is 0. The lowest BCUT2D eigenvalue weighted by atomic mass is 10.1. The Morgan fingerprint density at radius 3 is 2.19 bits per heavy atom. The molecule has 0 saturated carbocycles. The fourth-order valence-corrected chi connectivity index (χ4v) is 1.94. The highest BCUT2D eigenvalue weighted by molar-refractivity contribution is 5.88. The summed E-state index contributed by atoms with van der Waals surface area (Å²) in [6.45, 7) is 14.1. The van der Waals surface area contributed by atoms with Crippen molar-refractivity contribution in [2.45, 2.75) is 67.2 Å². The Morgan fingerprint density at radius 1 is 1.00 bits per heavy atom. The molecule has 0 N–H and O–H groups in total. The Balaban J connectivity index is 4.55. The van der Waals surface area contributed by atoms with Gasteiger partial charge in [0.2, 0.25) is 5.91 Å². The Kier molecular flexibility index (Phi) is 10.7. The number of unbranched alkanes of at least 4 members (excludes halogenated alkanes) is 1. The standard InChI is InChI=1S/C19H33NO/c1-7-8-13-20(19(21)15-17(4)5)14-12-18(6)11-9-10-16(2)3/h10,12,15H,7-9,11,13-14H2,1-6H3/b18-12+. The van der Waals surface area contributed by atoms with Crippen LogP contribution in [0.5, 0.6) is 0 Å². The van der Waals surface area contributed by atoms with Crippen LogP contribution in [0.2, 0.25) is 0 Å². The number of hydrogen-bond donors (Lipinski definition) is 0. The van der Waals surface area contributed by atoms with E-state index in [0.29, 0.717) is 0 Å². The third kappa shape index (κ3) is 11.1. The van der Waals surface area contributed by atoms with Gasteiger partial charge in [-0.25, -0.2) is 0 Å². The van der Waals surface area contributed by atoms with Crippen LogP contribution in [-0.4, -0.2) is 23.9 Å². The minimum Gasteiger partial charge on any atom is -0.335 e. The molecule has 0 radical (unpaired) electrons. The second-order valence-electron chi connectivity index (χ2n) is 6.23. The maximum atomic E-state index is 12.2. The fourth-order valence-electron chi connectivity index (χ4n) is 1.94. The molecular weight excluding hydrogens is 258 g/mol. The highest BCUT2D eigenvalue weighted by Crippen LogP contribution is 2.08. The van der Waals surface area contributed by atoms with Crippen molar-refractivity contribution in [1.82, 2.24) is 4.90 Å². The molecule has 2 nitrogen and oxygen atoms in total. The van der Waals surface area contributed by atoms with E-state index in [-0.39, 0.29) is 5.91 Å². The van der Waals surface area contributed by atoms with E-state index in [4.69, 9.17) is 0 Å². The first-order valence-electron chi connectivity index (χ1n) is 8.09. The molecule has 0 fully saturated rings. The summed E-state index contributed by atoms with van der Waals surface area (Å²) in [6, 6.07) is 0. The van der Waals surface area contributed by atoms with Crippen LogP contribution in [0.4, 0.5) is 0 Å². The second-order valence-corrected chi connectivity index (χ2v) is 6.23. The van der Waals surface area contributed by atoms with E-state index < -0.39 is 0 Å². The molecule has 1 amide bonds. The molecule has 0 aromatic heterocycles. The first kappa shape index (κ1) is 19.7. The van der Waals surface area contributed by atoms with Crippen LogP contribution >= 0.6 is 0 Å². The molecule has 0 saturated heterocycles. The summed E-state index contributed by atoms with van der Waals surface area (Å²) in [4.78, 5) is 14.1. The van der Waals surface area contributed by atoms with Gasteiger partial charge in [0, 0.05) is 19.2 Å². The zero-order chi connectivity index (χ0) is 16.3. The fraction of sp³-hybridized carbons (Fsp3) is 0.632. The lowest BCUT2D eigenvalue weighted by Crippen LogP contribution is -2.31. The SMILES string of the molecule is CCCCN(C/C=C(\C)CCC=C(C)C)C(=O)C=C(C)C. The summed E-state index contributed by atoms with van der Waals surface area (Å²) in [6.07, 6.45) is 10.5. The monoisotopic (exact) mass is 291 g/mol. The zero-order valence-electron chi connectivity index (χ0n) is 14.8. The maximum absolute atomic E-state index is 12.2. The van der Waals surface area contributed by atoms with E-state index in [1.165, 1.54) is 11.1 Å². The molecule has 0 aliphatic heterocycles. The molecule has 0 aromatic carbocycles. The van der Waals surface area contributed by atoms with Crippen LogP contribution in [0, 0.1) is 0 Å². The molecule has 0 unspecified atom stereocenters. The molecule has 0 aliphatic carbocycles. The molecular formula is C19H33NO. The summed E-state index contributed by atoms with van der Waals surface area (Å²) in [5.74, 6) is 0.136. The third-order valence-electron chi connectivity index (χ3n) is 3.26. The Hall–Kier alpha value is -1.31. The van der Waals surface area contributed by atoms with Gasteiger partial charge in [0.05, 0.1) is 0 Å². The smallest absolute Gasteiger partial charge is 0.246 e. The number of rotatable bonds is 9. The lowest BCUT2D eigenvalue weighted by molar-refractivity contribution is -0.125. The molecule has 120 valence electrons. The predicted molar refractivity (Wildman–Crippen MR) is 93.3 cm³/mol. The van der Waals surface area contributed by atoms with Crippen LogP contribution in [0.15, 0.2) is 34.9 Å². The van der Waals surface area contributed by atoms with Crippen molar-refractivity contribution in [2.24, 2.45) is 0 Å². The minimum absolute atomic E-state index is 0.136. The number of hydrogen-bond acceptors (Lipinski definition) is 1. The first-order chi connectivity index (χ1) is 9.86. The van der Waals surface area contributed by atoms with Crippen molar-refractivity contribution in [3.05, 3.63) is 34.9 Å². The van der Waals surface area contributed by atoms with E-state index in [2.05, 4.69) is 39.8 Å². The summed E-state index contributed by atoms with van der Waals surface area (Å²) in [5, 5.41) is 0. The van der Waals surface area contributed by atoms with Crippen molar-refractivity contribution >= 4 is 5.91 Å². The van der Waals surface area contributed by atoms with Crippen molar-refractivity contribution in [1.29, 1.82) is 0 Å². The predicted octanol–water partition coefficient (Wildman–Crippen LogP) is 5.27. The van der Waals surface area contributed by atoms with Crippen molar-refractivity contribution in [3.8, 4) is 0 Å². The molecule has 0 aliphatic rings. The van der Waals surface area contributed by atoms with E-state index >= 15 is 0 Å². The number of carbonyl (C=O) groups excluding carboxylic acids is 1. The summed E-state index contributed by atoms with van der Waals surface area (Å²) in [5.41, 5.74) is 3.79. The van der Waals surface area contributed by atoms with E-state index in [1.54, 1.807) is 6.08 Å². The van der Waals surface area contributed by atoms with Gasteiger partial charge in [0.25, 0.3) is 0 Å². The highest BCUT2D eigenvalue weighted by atomic mass is 16.2. The largest absolute Gasteiger partial charge is 0.335 e. The van der Waals surface area contributed by atoms with Gasteiger partial charge in [-0.2, -0.15) is 0 Å². The Labute approximate surface area is 131 Å². The van der Waals surface area contributed by atoms with Gasteiger partial charge in [-0.1, -0.05) is 42.2 Å². The van der Waals surface area contributed by atoms with Gasteiger partial charge in [0.15, 0.2) is 0 Å². The number of allylic oxidation sites excluding steroid dienone is 4. The topological polar surface area (TPSA) is 20.3 Å². The van der Waals surface area contributed by atoms with Crippen LogP contribution in [0.1, 0.15) is 67.2 Å². The van der Waals surface area contributed by atoms with Crippen LogP contribution in [0.3, 0.4) is 0 Å². The van der Waals surface area contributed by atoms with Crippen LogP contribution < -0.4 is 0 Å². The van der Waals surface area contributed by atoms with Gasteiger partial charge in [-0.3, -0.25) is 4.79 Å². The van der Waals surface area contributed by atoms with Gasteiger partial charge in [0.1, 0.15) is 0 Å². The van der Waals surface area contributed by atoms with E-state index in [1.807, 2.05) is 18.7 Å². The molecule has 0 heterocycles. The third-order valence-corrected chi connectivity index (χ3v) is 3.26. The molecule has 2 heteroatoms. The number of amides is 1. The molecule has 0 atom stereocenters. The number of nitrogens with zero attached hydrogens (tertiary/aromatic N) is 1. The van der Waals surface area contributed by atoms with Crippen LogP contribution in [0.25, 0.3) is 0 Å². The maximum Gasteiger partial charge on any atom is 0.246 e. The van der Waals surface area contributed by atoms with Crippen LogP contribution in [-0.2, 0) is 4.79 Å². The zero-order valence-corrected chi connectivity index (χ0v) is 14.8. The van der Waals surface area contributed by atoms with Gasteiger partial charge >= 0.3 is 0 Å². The summed E-state index contributed by atoms with van der Waals surface area (Å²) >= 11 is 0. The van der Waals surface area contributed by atoms with Crippen molar-refractivity contribution in [3.63, 3.8) is 0 Å². The van der Waals surface area contributed by atoms with Gasteiger partial charge in [-0.05, 0) is 53.9 Å². The molecule has 21 heavy (non-hydrogen) atoms. The minimum atomic E-state index is 0.136. The number of carbonyl (C=O) groups is 1. The molecule has 0 aromatic rings. The van der Waals surface area contributed by atoms with Crippen molar-refractivity contribution < 1.29 is 4.79 Å². The average molecular weight is 291 g/mol. The molecule has 0 spiro atoms. The Bertz CT molecular complexity index is 394. The second kappa shape index (κ2) is 11.4. The molecule has 0 rings (SSSR count). The quantitative estimate of drug-likeness (QED) is 0.418. The van der Waals surface area contributed by atoms with Crippen molar-refractivity contribution in [2.75, 3.05) is 13.1 Å². The average Bonchev–Trinajstić information content (AvgIpc) is 2.37. The van der Waals surface area contributed by atoms with Gasteiger partial charge < -0.3 is 4.90 Å². The lowest BCUT2D eigenvalue weighted by Gasteiger charge is -2.20. The van der Waals surface area contributed by atoms with E-state index in [0.717, 1.165) is 44.3 Å². The van der Waals surface area contributed by atoms with Gasteiger partial charge in [-0.15, -0.1) is 0 Å². The van der Waals surface area contributed by atoms with E-state index in [9.17, 15) is 4.79 Å². The Morgan fingerprint density at radius 2 is 1.67 bits per heavy atom.